The van der Waals surface area contributed by atoms with Crippen molar-refractivity contribution in [2.45, 2.75) is 56.5 Å². The van der Waals surface area contributed by atoms with Crippen LogP contribution in [-0.4, -0.2) is 41.7 Å². The molecule has 2 aliphatic rings. The summed E-state index contributed by atoms with van der Waals surface area (Å²) in [6.45, 7) is 6.55. The van der Waals surface area contributed by atoms with Crippen LogP contribution in [0.2, 0.25) is 0 Å². The van der Waals surface area contributed by atoms with Gasteiger partial charge in [0.15, 0.2) is 0 Å². The molecule has 5 nitrogen and oxygen atoms in total. The van der Waals surface area contributed by atoms with Gasteiger partial charge < -0.3 is 15.0 Å². The molecule has 6 heteroatoms. The fourth-order valence-corrected chi connectivity index (χ4v) is 5.20. The molecule has 1 saturated carbocycles. The molecule has 1 saturated heterocycles. The molecule has 2 aromatic carbocycles. The molecule has 31 heavy (non-hydrogen) atoms. The van der Waals surface area contributed by atoms with Crippen LogP contribution in [0, 0.1) is 0 Å². The van der Waals surface area contributed by atoms with Gasteiger partial charge in [0.25, 0.3) is 5.91 Å². The van der Waals surface area contributed by atoms with Crippen LogP contribution in [-0.2, 0) is 10.2 Å². The summed E-state index contributed by atoms with van der Waals surface area (Å²) in [5.74, 6) is 1.11. The SMILES string of the molecule is COc1ccc(C(=O)N2C(C(=O)NC3CC3)CSC2c2ccc(C(C)(C)C)cc2)cc1. The van der Waals surface area contributed by atoms with Crippen LogP contribution in [0.1, 0.15) is 60.5 Å². The van der Waals surface area contributed by atoms with Gasteiger partial charge in [0.2, 0.25) is 5.91 Å². The van der Waals surface area contributed by atoms with E-state index in [1.54, 1.807) is 48.0 Å². The predicted octanol–water partition coefficient (Wildman–Crippen LogP) is 4.53. The third-order valence-electron chi connectivity index (χ3n) is 5.86. The number of hydrogen-bond donors (Lipinski definition) is 1. The number of carbonyl (C=O) groups excluding carboxylic acids is 2. The van der Waals surface area contributed by atoms with E-state index in [1.165, 1.54) is 5.56 Å². The van der Waals surface area contributed by atoms with Gasteiger partial charge in [-0.1, -0.05) is 45.0 Å². The summed E-state index contributed by atoms with van der Waals surface area (Å²) >= 11 is 1.65. The van der Waals surface area contributed by atoms with Gasteiger partial charge in [-0.05, 0) is 53.6 Å². The van der Waals surface area contributed by atoms with Crippen LogP contribution in [0.3, 0.4) is 0 Å². The standard InChI is InChI=1S/C25H30N2O3S/c1-25(2,3)18-9-5-17(6-10-18)24-27(21(15-31-24)22(28)26-19-11-12-19)23(29)16-7-13-20(30-4)14-8-16/h5-10,13-14,19,21,24H,11-12,15H2,1-4H3,(H,26,28). The molecular weight excluding hydrogens is 408 g/mol. The van der Waals surface area contributed by atoms with Crippen LogP contribution in [0.5, 0.6) is 5.75 Å². The average Bonchev–Trinajstić information content (AvgIpc) is 3.46. The maximum absolute atomic E-state index is 13.6. The highest BCUT2D eigenvalue weighted by molar-refractivity contribution is 7.99. The number of ether oxygens (including phenoxy) is 1. The van der Waals surface area contributed by atoms with Gasteiger partial charge in [-0.15, -0.1) is 11.8 Å². The lowest BCUT2D eigenvalue weighted by Crippen LogP contribution is -2.48. The van der Waals surface area contributed by atoms with Crippen molar-refractivity contribution in [2.75, 3.05) is 12.9 Å². The molecule has 0 radical (unpaired) electrons. The Balaban J connectivity index is 1.64. The van der Waals surface area contributed by atoms with E-state index in [2.05, 4.69) is 50.4 Å². The molecule has 1 heterocycles. The van der Waals surface area contributed by atoms with E-state index in [1.807, 2.05) is 0 Å². The van der Waals surface area contributed by atoms with E-state index in [0.29, 0.717) is 17.1 Å². The molecule has 2 fully saturated rings. The van der Waals surface area contributed by atoms with E-state index < -0.39 is 6.04 Å². The fraction of sp³-hybridized carbons (Fsp3) is 0.440. The summed E-state index contributed by atoms with van der Waals surface area (Å²) in [6, 6.07) is 15.3. The van der Waals surface area contributed by atoms with Crippen molar-refractivity contribution in [1.82, 2.24) is 10.2 Å². The van der Waals surface area contributed by atoms with Gasteiger partial charge in [-0.2, -0.15) is 0 Å². The fourth-order valence-electron chi connectivity index (χ4n) is 3.77. The molecule has 2 amide bonds. The zero-order valence-corrected chi connectivity index (χ0v) is 19.4. The van der Waals surface area contributed by atoms with Crippen LogP contribution in [0.15, 0.2) is 48.5 Å². The second-order valence-electron chi connectivity index (χ2n) is 9.30. The van der Waals surface area contributed by atoms with Crippen LogP contribution in [0.25, 0.3) is 0 Å². The second kappa shape index (κ2) is 8.58. The Bertz CT molecular complexity index is 946. The van der Waals surface area contributed by atoms with E-state index in [9.17, 15) is 9.59 Å². The molecule has 164 valence electrons. The minimum atomic E-state index is -0.479. The number of thioether (sulfide) groups is 1. The Hall–Kier alpha value is -2.47. The summed E-state index contributed by atoms with van der Waals surface area (Å²) in [5, 5.41) is 2.89. The number of hydrogen-bond acceptors (Lipinski definition) is 4. The van der Waals surface area contributed by atoms with E-state index in [-0.39, 0.29) is 28.6 Å². The summed E-state index contributed by atoms with van der Waals surface area (Å²) < 4.78 is 5.22. The number of nitrogens with zero attached hydrogens (tertiary/aromatic N) is 1. The average molecular weight is 439 g/mol. The summed E-state index contributed by atoms with van der Waals surface area (Å²) in [4.78, 5) is 28.3. The first-order chi connectivity index (χ1) is 14.8. The van der Waals surface area contributed by atoms with Gasteiger partial charge >= 0.3 is 0 Å². The lowest BCUT2D eigenvalue weighted by Gasteiger charge is -2.30. The maximum atomic E-state index is 13.6. The first-order valence-corrected chi connectivity index (χ1v) is 11.8. The number of methoxy groups -OCH3 is 1. The Morgan fingerprint density at radius 3 is 2.23 bits per heavy atom. The largest absolute Gasteiger partial charge is 0.497 e. The first-order valence-electron chi connectivity index (χ1n) is 10.8. The number of rotatable bonds is 5. The second-order valence-corrected chi connectivity index (χ2v) is 10.4. The normalized spacial score (nSPS) is 21.1. The van der Waals surface area contributed by atoms with Crippen molar-refractivity contribution in [1.29, 1.82) is 0 Å². The van der Waals surface area contributed by atoms with Gasteiger partial charge in [-0.3, -0.25) is 9.59 Å². The quantitative estimate of drug-likeness (QED) is 0.745. The third kappa shape index (κ3) is 4.74. The predicted molar refractivity (Wildman–Crippen MR) is 124 cm³/mol. The molecule has 0 bridgehead atoms. The van der Waals surface area contributed by atoms with Crippen LogP contribution >= 0.6 is 11.8 Å². The molecule has 2 unspecified atom stereocenters. The van der Waals surface area contributed by atoms with Crippen molar-refractivity contribution in [3.63, 3.8) is 0 Å². The van der Waals surface area contributed by atoms with Crippen molar-refractivity contribution in [3.05, 3.63) is 65.2 Å². The lowest BCUT2D eigenvalue weighted by molar-refractivity contribution is -0.125. The number of carbonyl (C=O) groups is 2. The molecule has 4 rings (SSSR count). The lowest BCUT2D eigenvalue weighted by atomic mass is 9.86. The van der Waals surface area contributed by atoms with E-state index >= 15 is 0 Å². The van der Waals surface area contributed by atoms with Gasteiger partial charge in [0, 0.05) is 17.4 Å². The molecule has 2 aromatic rings. The van der Waals surface area contributed by atoms with Crippen molar-refractivity contribution < 1.29 is 14.3 Å². The number of nitrogens with one attached hydrogen (secondary N) is 1. The molecule has 1 aliphatic heterocycles. The monoisotopic (exact) mass is 438 g/mol. The molecular formula is C25H30N2O3S. The Morgan fingerprint density at radius 1 is 1.03 bits per heavy atom. The van der Waals surface area contributed by atoms with Crippen molar-refractivity contribution in [3.8, 4) is 5.75 Å². The number of benzene rings is 2. The molecule has 1 N–H and O–H groups in total. The minimum absolute atomic E-state index is 0.0503. The van der Waals surface area contributed by atoms with Gasteiger partial charge in [0.1, 0.15) is 17.2 Å². The highest BCUT2D eigenvalue weighted by atomic mass is 32.2. The van der Waals surface area contributed by atoms with Crippen LogP contribution < -0.4 is 10.1 Å². The smallest absolute Gasteiger partial charge is 0.255 e. The van der Waals surface area contributed by atoms with Crippen molar-refractivity contribution >= 4 is 23.6 Å². The highest BCUT2D eigenvalue weighted by Crippen LogP contribution is 2.43. The molecule has 0 spiro atoms. The summed E-state index contributed by atoms with van der Waals surface area (Å²) in [7, 11) is 1.60. The van der Waals surface area contributed by atoms with Gasteiger partial charge in [0.05, 0.1) is 7.11 Å². The maximum Gasteiger partial charge on any atom is 0.255 e. The van der Waals surface area contributed by atoms with Gasteiger partial charge in [-0.25, -0.2) is 0 Å². The Labute approximate surface area is 188 Å². The molecule has 0 aromatic heterocycles. The zero-order valence-electron chi connectivity index (χ0n) is 18.6. The Morgan fingerprint density at radius 2 is 1.68 bits per heavy atom. The zero-order chi connectivity index (χ0) is 22.2. The molecule has 2 atom stereocenters. The summed E-state index contributed by atoms with van der Waals surface area (Å²) in [5.41, 5.74) is 2.91. The minimum Gasteiger partial charge on any atom is -0.497 e. The topological polar surface area (TPSA) is 58.6 Å². The van der Waals surface area contributed by atoms with E-state index in [4.69, 9.17) is 4.74 Å². The third-order valence-corrected chi connectivity index (χ3v) is 7.18. The molecule has 1 aliphatic carbocycles. The highest BCUT2D eigenvalue weighted by Gasteiger charge is 2.43. The summed E-state index contributed by atoms with van der Waals surface area (Å²) in [6.07, 6.45) is 2.05. The van der Waals surface area contributed by atoms with E-state index in [0.717, 1.165) is 18.4 Å². The first kappa shape index (κ1) is 21.8. The van der Waals surface area contributed by atoms with Crippen LogP contribution in [0.4, 0.5) is 0 Å². The van der Waals surface area contributed by atoms with Crippen molar-refractivity contribution in [2.24, 2.45) is 0 Å². The Kier molecular flexibility index (Phi) is 6.02. The number of amides is 2.